The molecule has 1 aromatic heterocycles. The van der Waals surface area contributed by atoms with Crippen molar-refractivity contribution in [3.8, 4) is 5.75 Å². The van der Waals surface area contributed by atoms with E-state index in [1.165, 1.54) is 11.3 Å². The highest BCUT2D eigenvalue weighted by Gasteiger charge is 2.26. The second kappa shape index (κ2) is 11.6. The summed E-state index contributed by atoms with van der Waals surface area (Å²) in [6, 6.07) is 13.3. The fourth-order valence-electron chi connectivity index (χ4n) is 4.29. The summed E-state index contributed by atoms with van der Waals surface area (Å²) >= 11 is 1.38. The summed E-state index contributed by atoms with van der Waals surface area (Å²) < 4.78 is 5.26. The van der Waals surface area contributed by atoms with Gasteiger partial charge in [0.2, 0.25) is 0 Å². The predicted molar refractivity (Wildman–Crippen MR) is 148 cm³/mol. The van der Waals surface area contributed by atoms with Crippen molar-refractivity contribution in [2.45, 2.75) is 25.8 Å². The van der Waals surface area contributed by atoms with Crippen LogP contribution in [0.4, 0.5) is 15.6 Å². The summed E-state index contributed by atoms with van der Waals surface area (Å²) in [7, 11) is 3.27. The summed E-state index contributed by atoms with van der Waals surface area (Å²) in [4.78, 5) is 32.0. The van der Waals surface area contributed by atoms with Crippen molar-refractivity contribution in [1.29, 1.82) is 0 Å². The Bertz CT molecular complexity index is 1240. The van der Waals surface area contributed by atoms with Crippen molar-refractivity contribution in [3.63, 3.8) is 0 Å². The highest BCUT2D eigenvalue weighted by atomic mass is 32.1. The number of methoxy groups -OCH3 is 1. The molecule has 0 unspecified atom stereocenters. The van der Waals surface area contributed by atoms with Gasteiger partial charge in [0.25, 0.3) is 5.91 Å². The minimum absolute atomic E-state index is 0.144. The zero-order chi connectivity index (χ0) is 26.4. The summed E-state index contributed by atoms with van der Waals surface area (Å²) in [5.41, 5.74) is 4.00. The van der Waals surface area contributed by atoms with Gasteiger partial charge in [0.05, 0.1) is 18.4 Å². The smallest absolute Gasteiger partial charge is 0.321 e. The number of benzene rings is 2. The number of nitrogens with one attached hydrogen (secondary N) is 4. The van der Waals surface area contributed by atoms with E-state index in [0.29, 0.717) is 10.7 Å². The first-order valence-electron chi connectivity index (χ1n) is 12.3. The van der Waals surface area contributed by atoms with Crippen LogP contribution < -0.4 is 30.9 Å². The third-order valence-electron chi connectivity index (χ3n) is 6.62. The van der Waals surface area contributed by atoms with Gasteiger partial charge in [-0.25, -0.2) is 9.78 Å². The standard InChI is InChI=1S/C27H34N6O3S/c1-27(2,19-6-8-20(36-4)9-7-19)23-17-37-26(31-23)32-25(35)30-16-18-5-10-22(21(15-18)24(34)28-3)33-13-11-29-12-14-33/h5-10,15,17,29H,11-14,16H2,1-4H3,(H,28,34)(H2,30,31,32,35). The Morgan fingerprint density at radius 1 is 1.14 bits per heavy atom. The van der Waals surface area contributed by atoms with Gasteiger partial charge in [-0.1, -0.05) is 32.0 Å². The molecule has 1 aliphatic rings. The molecule has 1 saturated heterocycles. The first-order chi connectivity index (χ1) is 17.8. The molecular formula is C27H34N6O3S. The molecule has 9 nitrogen and oxygen atoms in total. The molecule has 196 valence electrons. The molecule has 1 fully saturated rings. The van der Waals surface area contributed by atoms with Crippen molar-refractivity contribution >= 4 is 34.1 Å². The van der Waals surface area contributed by atoms with Crippen LogP contribution in [0.25, 0.3) is 0 Å². The van der Waals surface area contributed by atoms with Crippen LogP contribution in [-0.2, 0) is 12.0 Å². The second-order valence-electron chi connectivity index (χ2n) is 9.37. The third-order valence-corrected chi connectivity index (χ3v) is 7.38. The molecule has 1 aliphatic heterocycles. The highest BCUT2D eigenvalue weighted by molar-refractivity contribution is 7.13. The topological polar surface area (TPSA) is 108 Å². The number of urea groups is 1. The van der Waals surface area contributed by atoms with Crippen LogP contribution in [0.2, 0.25) is 0 Å². The molecule has 0 bridgehead atoms. The molecule has 4 rings (SSSR count). The molecule has 10 heteroatoms. The minimum Gasteiger partial charge on any atom is -0.497 e. The van der Waals surface area contributed by atoms with E-state index in [1.54, 1.807) is 14.2 Å². The SMILES string of the molecule is CNC(=O)c1cc(CNC(=O)Nc2nc(C(C)(C)c3ccc(OC)cc3)cs2)ccc1N1CCNCC1. The third kappa shape index (κ3) is 6.20. The van der Waals surface area contributed by atoms with Crippen LogP contribution >= 0.6 is 11.3 Å². The molecule has 0 aliphatic carbocycles. The Morgan fingerprint density at radius 3 is 2.54 bits per heavy atom. The number of thiazole rings is 1. The van der Waals surface area contributed by atoms with Gasteiger partial charge in [0, 0.05) is 56.3 Å². The first kappa shape index (κ1) is 26.4. The van der Waals surface area contributed by atoms with Crippen molar-refractivity contribution in [3.05, 3.63) is 70.2 Å². The predicted octanol–water partition coefficient (Wildman–Crippen LogP) is 3.57. The minimum atomic E-state index is -0.351. The molecule has 0 spiro atoms. The molecule has 0 atom stereocenters. The number of hydrogen-bond acceptors (Lipinski definition) is 7. The van der Waals surface area contributed by atoms with Crippen LogP contribution in [0.3, 0.4) is 0 Å². The average Bonchev–Trinajstić information content (AvgIpc) is 3.41. The zero-order valence-corrected chi connectivity index (χ0v) is 22.5. The van der Waals surface area contributed by atoms with E-state index >= 15 is 0 Å². The van der Waals surface area contributed by atoms with E-state index in [0.717, 1.165) is 54.4 Å². The number of piperazine rings is 1. The van der Waals surface area contributed by atoms with Gasteiger partial charge < -0.3 is 25.6 Å². The summed E-state index contributed by atoms with van der Waals surface area (Å²) in [5, 5.41) is 14.2. The number of carbonyl (C=O) groups excluding carboxylic acids is 2. The van der Waals surface area contributed by atoms with Gasteiger partial charge in [-0.3, -0.25) is 10.1 Å². The molecule has 2 aromatic carbocycles. The lowest BCUT2D eigenvalue weighted by Gasteiger charge is -2.31. The van der Waals surface area contributed by atoms with Crippen LogP contribution in [-0.4, -0.2) is 57.3 Å². The number of hydrogen-bond donors (Lipinski definition) is 4. The lowest BCUT2D eigenvalue weighted by atomic mass is 9.82. The molecule has 3 aromatic rings. The largest absolute Gasteiger partial charge is 0.497 e. The van der Waals surface area contributed by atoms with Crippen LogP contribution in [0.15, 0.2) is 47.8 Å². The molecular weight excluding hydrogens is 488 g/mol. The maximum absolute atomic E-state index is 12.6. The van der Waals surface area contributed by atoms with Gasteiger partial charge in [-0.05, 0) is 35.4 Å². The number of nitrogens with zero attached hydrogens (tertiary/aromatic N) is 2. The normalized spacial score (nSPS) is 13.7. The van der Waals surface area contributed by atoms with Crippen LogP contribution in [0.5, 0.6) is 5.75 Å². The van der Waals surface area contributed by atoms with E-state index in [9.17, 15) is 9.59 Å². The molecule has 37 heavy (non-hydrogen) atoms. The summed E-state index contributed by atoms with van der Waals surface area (Å²) in [6.45, 7) is 7.93. The molecule has 4 N–H and O–H groups in total. The van der Waals surface area contributed by atoms with E-state index < -0.39 is 0 Å². The zero-order valence-electron chi connectivity index (χ0n) is 21.7. The lowest BCUT2D eigenvalue weighted by Crippen LogP contribution is -2.44. The van der Waals surface area contributed by atoms with E-state index in [1.807, 2.05) is 47.8 Å². The molecule has 0 saturated carbocycles. The van der Waals surface area contributed by atoms with Crippen LogP contribution in [0, 0.1) is 0 Å². The molecule has 0 radical (unpaired) electrons. The average molecular weight is 523 g/mol. The Kier molecular flexibility index (Phi) is 8.30. The van der Waals surface area contributed by atoms with E-state index in [4.69, 9.17) is 4.74 Å². The maximum atomic E-state index is 12.6. The fourth-order valence-corrected chi connectivity index (χ4v) is 5.16. The number of amides is 3. The van der Waals surface area contributed by atoms with Gasteiger partial charge >= 0.3 is 6.03 Å². The van der Waals surface area contributed by atoms with Crippen molar-refractivity contribution in [2.75, 3.05) is 50.6 Å². The fraction of sp³-hybridized carbons (Fsp3) is 0.370. The second-order valence-corrected chi connectivity index (χ2v) is 10.2. The number of anilines is 2. The summed E-state index contributed by atoms with van der Waals surface area (Å²) in [5.74, 6) is 0.660. The Labute approximate surface area is 221 Å². The van der Waals surface area contributed by atoms with Crippen molar-refractivity contribution < 1.29 is 14.3 Å². The Balaban J connectivity index is 1.39. The molecule has 2 heterocycles. The summed E-state index contributed by atoms with van der Waals surface area (Å²) in [6.07, 6.45) is 0. The monoisotopic (exact) mass is 522 g/mol. The number of carbonyl (C=O) groups is 2. The van der Waals surface area contributed by atoms with Crippen molar-refractivity contribution in [2.24, 2.45) is 0 Å². The number of rotatable bonds is 8. The van der Waals surface area contributed by atoms with Gasteiger partial charge in [0.15, 0.2) is 5.13 Å². The number of aromatic nitrogens is 1. The van der Waals surface area contributed by atoms with E-state index in [-0.39, 0.29) is 23.9 Å². The Morgan fingerprint density at radius 2 is 1.86 bits per heavy atom. The van der Waals surface area contributed by atoms with Crippen molar-refractivity contribution in [1.82, 2.24) is 20.9 Å². The van der Waals surface area contributed by atoms with Gasteiger partial charge in [-0.15, -0.1) is 11.3 Å². The van der Waals surface area contributed by atoms with E-state index in [2.05, 4.69) is 45.0 Å². The highest BCUT2D eigenvalue weighted by Crippen LogP contribution is 2.34. The van der Waals surface area contributed by atoms with Gasteiger partial charge in [0.1, 0.15) is 5.75 Å². The van der Waals surface area contributed by atoms with Gasteiger partial charge in [-0.2, -0.15) is 0 Å². The first-order valence-corrected chi connectivity index (χ1v) is 13.2. The maximum Gasteiger partial charge on any atom is 0.321 e. The number of ether oxygens (including phenoxy) is 1. The Hall–Kier alpha value is -3.63. The molecule has 3 amide bonds. The van der Waals surface area contributed by atoms with Crippen LogP contribution in [0.1, 0.15) is 41.0 Å². The lowest BCUT2D eigenvalue weighted by molar-refractivity contribution is 0.0963. The quantitative estimate of drug-likeness (QED) is 0.360.